The van der Waals surface area contributed by atoms with Crippen LogP contribution in [0.5, 0.6) is 0 Å². The highest BCUT2D eigenvalue weighted by molar-refractivity contribution is 5.95. The number of aliphatic carboxylic acids is 1. The van der Waals surface area contributed by atoms with Gasteiger partial charge in [0.15, 0.2) is 0 Å². The molecule has 0 radical (unpaired) electrons. The highest BCUT2D eigenvalue weighted by Gasteiger charge is 2.31. The lowest BCUT2D eigenvalue weighted by molar-refractivity contribution is -0.136. The second kappa shape index (κ2) is 10.0. The summed E-state index contributed by atoms with van der Waals surface area (Å²) in [6.45, 7) is 3.70. The van der Waals surface area contributed by atoms with Gasteiger partial charge in [-0.05, 0) is 53.8 Å². The molecule has 3 aromatic carbocycles. The molecule has 3 aromatic rings. The molecule has 0 fully saturated rings. The summed E-state index contributed by atoms with van der Waals surface area (Å²) in [7, 11) is 0. The number of anilines is 1. The molecule has 0 saturated carbocycles. The molecule has 0 aliphatic heterocycles. The van der Waals surface area contributed by atoms with Crippen molar-refractivity contribution in [2.75, 3.05) is 18.5 Å². The molecular formula is C28H28N2O5. The minimum Gasteiger partial charge on any atom is -0.481 e. The molecule has 2 amide bonds. The van der Waals surface area contributed by atoms with E-state index in [1.54, 1.807) is 38.1 Å². The van der Waals surface area contributed by atoms with Crippen LogP contribution in [-0.4, -0.2) is 36.2 Å². The van der Waals surface area contributed by atoms with Gasteiger partial charge in [0, 0.05) is 18.2 Å². The van der Waals surface area contributed by atoms with E-state index in [0.29, 0.717) is 11.3 Å². The SMILES string of the molecule is CC(C)(CNC(=O)OCC1c2ccccc2-c2ccccc21)C(=O)Nc1cccc(CC(=O)O)c1. The molecule has 1 aliphatic carbocycles. The third-order valence-electron chi connectivity index (χ3n) is 6.17. The van der Waals surface area contributed by atoms with E-state index in [4.69, 9.17) is 9.84 Å². The number of carbonyl (C=O) groups excluding carboxylic acids is 2. The van der Waals surface area contributed by atoms with Gasteiger partial charge in [-0.15, -0.1) is 0 Å². The van der Waals surface area contributed by atoms with Gasteiger partial charge in [-0.1, -0.05) is 60.7 Å². The topological polar surface area (TPSA) is 105 Å². The first-order valence-electron chi connectivity index (χ1n) is 11.5. The van der Waals surface area contributed by atoms with E-state index in [0.717, 1.165) is 22.3 Å². The molecule has 0 saturated heterocycles. The van der Waals surface area contributed by atoms with Crippen molar-refractivity contribution in [2.24, 2.45) is 5.41 Å². The van der Waals surface area contributed by atoms with Gasteiger partial charge < -0.3 is 20.5 Å². The zero-order valence-electron chi connectivity index (χ0n) is 19.7. The lowest BCUT2D eigenvalue weighted by Crippen LogP contribution is -2.42. The quantitative estimate of drug-likeness (QED) is 0.436. The second-order valence-corrected chi connectivity index (χ2v) is 9.29. The second-order valence-electron chi connectivity index (χ2n) is 9.29. The number of hydrogen-bond donors (Lipinski definition) is 3. The van der Waals surface area contributed by atoms with Gasteiger partial charge in [0.25, 0.3) is 0 Å². The Labute approximate surface area is 204 Å². The summed E-state index contributed by atoms with van der Waals surface area (Å²) in [5.74, 6) is -1.28. The maximum atomic E-state index is 12.8. The number of fused-ring (bicyclic) bond motifs is 3. The van der Waals surface area contributed by atoms with Crippen molar-refractivity contribution in [3.05, 3.63) is 89.5 Å². The Morgan fingerprint density at radius 1 is 0.914 bits per heavy atom. The first-order chi connectivity index (χ1) is 16.7. The van der Waals surface area contributed by atoms with Gasteiger partial charge in [-0.2, -0.15) is 0 Å². The van der Waals surface area contributed by atoms with Crippen LogP contribution in [0, 0.1) is 5.41 Å². The summed E-state index contributed by atoms with van der Waals surface area (Å²) in [6, 6.07) is 22.9. The molecule has 1 aliphatic rings. The van der Waals surface area contributed by atoms with Gasteiger partial charge in [0.1, 0.15) is 6.61 Å². The highest BCUT2D eigenvalue weighted by Crippen LogP contribution is 2.44. The number of benzene rings is 3. The number of rotatable bonds is 8. The smallest absolute Gasteiger partial charge is 0.407 e. The van der Waals surface area contributed by atoms with E-state index in [9.17, 15) is 14.4 Å². The summed E-state index contributed by atoms with van der Waals surface area (Å²) in [5.41, 5.74) is 4.74. The fraction of sp³-hybridized carbons (Fsp3) is 0.250. The largest absolute Gasteiger partial charge is 0.481 e. The Hall–Kier alpha value is -4.13. The van der Waals surface area contributed by atoms with Crippen LogP contribution >= 0.6 is 0 Å². The van der Waals surface area contributed by atoms with Crippen LogP contribution in [0.3, 0.4) is 0 Å². The van der Waals surface area contributed by atoms with Crippen molar-refractivity contribution in [1.29, 1.82) is 0 Å². The average Bonchev–Trinajstić information content (AvgIpc) is 3.15. The Bertz CT molecular complexity index is 1220. The fourth-order valence-corrected chi connectivity index (χ4v) is 4.26. The maximum absolute atomic E-state index is 12.8. The van der Waals surface area contributed by atoms with E-state index in [-0.39, 0.29) is 31.4 Å². The molecule has 0 heterocycles. The maximum Gasteiger partial charge on any atom is 0.407 e. The van der Waals surface area contributed by atoms with E-state index in [1.807, 2.05) is 24.3 Å². The molecule has 7 heteroatoms. The van der Waals surface area contributed by atoms with Crippen molar-refractivity contribution in [3.63, 3.8) is 0 Å². The number of carboxylic acid groups (broad SMARTS) is 1. The van der Waals surface area contributed by atoms with E-state index in [2.05, 4.69) is 34.9 Å². The molecule has 180 valence electrons. The highest BCUT2D eigenvalue weighted by atomic mass is 16.5. The van der Waals surface area contributed by atoms with Crippen LogP contribution in [0.15, 0.2) is 72.8 Å². The van der Waals surface area contributed by atoms with Crippen LogP contribution in [0.1, 0.15) is 36.5 Å². The molecule has 0 atom stereocenters. The summed E-state index contributed by atoms with van der Waals surface area (Å²) in [4.78, 5) is 36.2. The van der Waals surface area contributed by atoms with Crippen molar-refractivity contribution in [2.45, 2.75) is 26.2 Å². The third-order valence-corrected chi connectivity index (χ3v) is 6.17. The minimum absolute atomic E-state index is 0.0393. The summed E-state index contributed by atoms with van der Waals surface area (Å²) in [6.07, 6.45) is -0.715. The normalized spacial score (nSPS) is 12.4. The predicted octanol–water partition coefficient (Wildman–Crippen LogP) is 4.82. The molecule has 7 nitrogen and oxygen atoms in total. The van der Waals surface area contributed by atoms with Crippen molar-refractivity contribution >= 4 is 23.7 Å². The number of ether oxygens (including phenoxy) is 1. The molecule has 0 unspecified atom stereocenters. The van der Waals surface area contributed by atoms with Gasteiger partial charge in [0.05, 0.1) is 11.8 Å². The predicted molar refractivity (Wildman–Crippen MR) is 133 cm³/mol. The zero-order valence-corrected chi connectivity index (χ0v) is 19.7. The molecular weight excluding hydrogens is 444 g/mol. The number of alkyl carbamates (subject to hydrolysis) is 1. The lowest BCUT2D eigenvalue weighted by Gasteiger charge is -2.24. The van der Waals surface area contributed by atoms with Crippen LogP contribution < -0.4 is 10.6 Å². The van der Waals surface area contributed by atoms with Gasteiger partial charge in [-0.3, -0.25) is 9.59 Å². The Morgan fingerprint density at radius 3 is 2.17 bits per heavy atom. The zero-order chi connectivity index (χ0) is 25.0. The molecule has 0 spiro atoms. The molecule has 3 N–H and O–H groups in total. The van der Waals surface area contributed by atoms with Crippen molar-refractivity contribution in [3.8, 4) is 11.1 Å². The van der Waals surface area contributed by atoms with Crippen LogP contribution in [0.25, 0.3) is 11.1 Å². The standard InChI is InChI=1S/C28H28N2O5/c1-28(2,26(33)30-19-9-7-8-18(14-19)15-25(31)32)17-29-27(34)35-16-24-22-12-5-3-10-20(22)21-11-4-6-13-23(21)24/h3-14,24H,15-17H2,1-2H3,(H,29,34)(H,30,33)(H,31,32). The first-order valence-corrected chi connectivity index (χ1v) is 11.5. The molecule has 0 bridgehead atoms. The Morgan fingerprint density at radius 2 is 1.54 bits per heavy atom. The number of carboxylic acids is 1. The van der Waals surface area contributed by atoms with Crippen LogP contribution in [0.2, 0.25) is 0 Å². The number of hydrogen-bond acceptors (Lipinski definition) is 4. The average molecular weight is 473 g/mol. The van der Waals surface area contributed by atoms with E-state index in [1.165, 1.54) is 0 Å². The van der Waals surface area contributed by atoms with E-state index < -0.39 is 17.5 Å². The van der Waals surface area contributed by atoms with Crippen molar-refractivity contribution in [1.82, 2.24) is 5.32 Å². The number of carbonyl (C=O) groups is 3. The van der Waals surface area contributed by atoms with E-state index >= 15 is 0 Å². The molecule has 35 heavy (non-hydrogen) atoms. The van der Waals surface area contributed by atoms with Gasteiger partial charge in [-0.25, -0.2) is 4.79 Å². The monoisotopic (exact) mass is 472 g/mol. The third kappa shape index (κ3) is 5.51. The minimum atomic E-state index is -0.943. The van der Waals surface area contributed by atoms with Crippen LogP contribution in [-0.2, 0) is 20.7 Å². The Kier molecular flexibility index (Phi) is 6.87. The van der Waals surface area contributed by atoms with Crippen molar-refractivity contribution < 1.29 is 24.2 Å². The summed E-state index contributed by atoms with van der Waals surface area (Å²) >= 11 is 0. The summed E-state index contributed by atoms with van der Waals surface area (Å²) < 4.78 is 5.55. The number of nitrogens with one attached hydrogen (secondary N) is 2. The molecule has 4 rings (SSSR count). The molecule has 0 aromatic heterocycles. The fourth-order valence-electron chi connectivity index (χ4n) is 4.26. The lowest BCUT2D eigenvalue weighted by atomic mass is 9.92. The summed E-state index contributed by atoms with van der Waals surface area (Å²) in [5, 5.41) is 14.5. The van der Waals surface area contributed by atoms with Crippen LogP contribution in [0.4, 0.5) is 10.5 Å². The van der Waals surface area contributed by atoms with Gasteiger partial charge >= 0.3 is 12.1 Å². The van der Waals surface area contributed by atoms with Gasteiger partial charge in [0.2, 0.25) is 5.91 Å². The first kappa shape index (κ1) is 24.0. The Balaban J connectivity index is 1.32. The number of amides is 2.